The summed E-state index contributed by atoms with van der Waals surface area (Å²) in [4.78, 5) is 0. The standard InChI is InChI=1S/C16H25N3O/c1-2-16(8-3-4-9-16)12-18-11-13-6-5-7-14(10-13)15(17)19-20/h5-7,10,18,20H,2-4,8-9,11-12H2,1H3,(H2,17,19). The fourth-order valence-electron chi connectivity index (χ4n) is 3.15. The first kappa shape index (κ1) is 14.9. The van der Waals surface area contributed by atoms with Gasteiger partial charge in [-0.2, -0.15) is 0 Å². The average molecular weight is 275 g/mol. The van der Waals surface area contributed by atoms with E-state index in [0.29, 0.717) is 5.41 Å². The number of rotatable bonds is 6. The Bertz CT molecular complexity index is 465. The van der Waals surface area contributed by atoms with E-state index in [-0.39, 0.29) is 5.84 Å². The lowest BCUT2D eigenvalue weighted by atomic mass is 9.83. The summed E-state index contributed by atoms with van der Waals surface area (Å²) in [6.07, 6.45) is 6.69. The Labute approximate surface area is 121 Å². The summed E-state index contributed by atoms with van der Waals surface area (Å²) in [7, 11) is 0. The van der Waals surface area contributed by atoms with Crippen LogP contribution in [0.15, 0.2) is 29.4 Å². The lowest BCUT2D eigenvalue weighted by Crippen LogP contribution is -2.31. The third-order valence-electron chi connectivity index (χ3n) is 4.57. The second-order valence-electron chi connectivity index (χ2n) is 5.85. The maximum Gasteiger partial charge on any atom is 0.170 e. The number of hydrogen-bond donors (Lipinski definition) is 3. The van der Waals surface area contributed by atoms with E-state index in [4.69, 9.17) is 10.9 Å². The number of benzene rings is 1. The van der Waals surface area contributed by atoms with Gasteiger partial charge < -0.3 is 16.3 Å². The molecule has 1 fully saturated rings. The second-order valence-corrected chi connectivity index (χ2v) is 5.85. The predicted molar refractivity (Wildman–Crippen MR) is 81.9 cm³/mol. The van der Waals surface area contributed by atoms with E-state index in [1.165, 1.54) is 37.7 Å². The van der Waals surface area contributed by atoms with Crippen molar-refractivity contribution in [1.82, 2.24) is 5.32 Å². The molecule has 110 valence electrons. The van der Waals surface area contributed by atoms with Gasteiger partial charge in [0.1, 0.15) is 0 Å². The summed E-state index contributed by atoms with van der Waals surface area (Å²) in [5.41, 5.74) is 8.04. The first-order chi connectivity index (χ1) is 9.69. The van der Waals surface area contributed by atoms with Crippen molar-refractivity contribution in [2.75, 3.05) is 6.54 Å². The first-order valence-corrected chi connectivity index (χ1v) is 7.47. The Balaban J connectivity index is 1.91. The molecule has 1 saturated carbocycles. The van der Waals surface area contributed by atoms with Crippen LogP contribution in [-0.4, -0.2) is 17.6 Å². The highest BCUT2D eigenvalue weighted by atomic mass is 16.4. The van der Waals surface area contributed by atoms with E-state index in [0.717, 1.165) is 18.7 Å². The molecule has 20 heavy (non-hydrogen) atoms. The van der Waals surface area contributed by atoms with E-state index in [1.54, 1.807) is 0 Å². The molecule has 4 N–H and O–H groups in total. The fraction of sp³-hybridized carbons (Fsp3) is 0.562. The van der Waals surface area contributed by atoms with Crippen molar-refractivity contribution >= 4 is 5.84 Å². The number of nitrogens with one attached hydrogen (secondary N) is 1. The highest BCUT2D eigenvalue weighted by Crippen LogP contribution is 2.40. The Kier molecular flexibility index (Phi) is 5.01. The molecule has 4 heteroatoms. The Hall–Kier alpha value is -1.55. The third-order valence-corrected chi connectivity index (χ3v) is 4.57. The molecule has 4 nitrogen and oxygen atoms in total. The van der Waals surface area contributed by atoms with Crippen LogP contribution in [0.1, 0.15) is 50.2 Å². The van der Waals surface area contributed by atoms with Gasteiger partial charge in [-0.1, -0.05) is 43.1 Å². The number of hydrogen-bond acceptors (Lipinski definition) is 3. The molecular formula is C16H25N3O. The molecule has 0 radical (unpaired) electrons. The van der Waals surface area contributed by atoms with Crippen LogP contribution in [0, 0.1) is 5.41 Å². The van der Waals surface area contributed by atoms with Crippen molar-refractivity contribution in [2.45, 2.75) is 45.6 Å². The van der Waals surface area contributed by atoms with Crippen LogP contribution in [0.2, 0.25) is 0 Å². The molecule has 1 aliphatic carbocycles. The van der Waals surface area contributed by atoms with Gasteiger partial charge in [-0.3, -0.25) is 0 Å². The molecule has 0 atom stereocenters. The topological polar surface area (TPSA) is 70.6 Å². The van der Waals surface area contributed by atoms with Crippen LogP contribution in [0.3, 0.4) is 0 Å². The Morgan fingerprint density at radius 1 is 1.40 bits per heavy atom. The van der Waals surface area contributed by atoms with Crippen LogP contribution in [0.4, 0.5) is 0 Å². The summed E-state index contributed by atoms with van der Waals surface area (Å²) in [5, 5.41) is 15.3. The van der Waals surface area contributed by atoms with Gasteiger partial charge in [-0.05, 0) is 36.3 Å². The van der Waals surface area contributed by atoms with Crippen LogP contribution in [0.25, 0.3) is 0 Å². The van der Waals surface area contributed by atoms with E-state index in [9.17, 15) is 0 Å². The lowest BCUT2D eigenvalue weighted by Gasteiger charge is -2.27. The molecule has 0 unspecified atom stereocenters. The van der Waals surface area contributed by atoms with Crippen LogP contribution >= 0.6 is 0 Å². The highest BCUT2D eigenvalue weighted by Gasteiger charge is 2.31. The summed E-state index contributed by atoms with van der Waals surface area (Å²) < 4.78 is 0. The summed E-state index contributed by atoms with van der Waals surface area (Å²) in [6, 6.07) is 7.82. The largest absolute Gasteiger partial charge is 0.409 e. The first-order valence-electron chi connectivity index (χ1n) is 7.47. The summed E-state index contributed by atoms with van der Waals surface area (Å²) >= 11 is 0. The smallest absolute Gasteiger partial charge is 0.170 e. The minimum atomic E-state index is 0.160. The minimum absolute atomic E-state index is 0.160. The van der Waals surface area contributed by atoms with Crippen LogP contribution in [-0.2, 0) is 6.54 Å². The molecule has 1 aromatic rings. The monoisotopic (exact) mass is 275 g/mol. The van der Waals surface area contributed by atoms with Crippen LogP contribution < -0.4 is 11.1 Å². The lowest BCUT2D eigenvalue weighted by molar-refractivity contribution is 0.268. The molecule has 1 aliphatic rings. The van der Waals surface area contributed by atoms with Gasteiger partial charge in [0.2, 0.25) is 0 Å². The molecule has 0 saturated heterocycles. The molecule has 0 aromatic heterocycles. The zero-order valence-electron chi connectivity index (χ0n) is 12.2. The average Bonchev–Trinajstić information content (AvgIpc) is 2.96. The van der Waals surface area contributed by atoms with Crippen molar-refractivity contribution in [2.24, 2.45) is 16.3 Å². The molecule has 2 rings (SSSR count). The van der Waals surface area contributed by atoms with Crippen molar-refractivity contribution in [3.63, 3.8) is 0 Å². The molecule has 0 aliphatic heterocycles. The molecule has 0 spiro atoms. The summed E-state index contributed by atoms with van der Waals surface area (Å²) in [5.74, 6) is 0.160. The van der Waals surface area contributed by atoms with Crippen molar-refractivity contribution in [3.8, 4) is 0 Å². The normalized spacial score (nSPS) is 18.4. The molecule has 0 bridgehead atoms. The zero-order chi connectivity index (χ0) is 14.4. The van der Waals surface area contributed by atoms with Gasteiger partial charge in [0, 0.05) is 18.7 Å². The number of oxime groups is 1. The zero-order valence-corrected chi connectivity index (χ0v) is 12.2. The van der Waals surface area contributed by atoms with Gasteiger partial charge >= 0.3 is 0 Å². The quantitative estimate of drug-likeness (QED) is 0.323. The van der Waals surface area contributed by atoms with Gasteiger partial charge in [0.15, 0.2) is 5.84 Å². The second kappa shape index (κ2) is 6.75. The van der Waals surface area contributed by atoms with E-state index in [2.05, 4.69) is 23.5 Å². The van der Waals surface area contributed by atoms with Gasteiger partial charge in [-0.15, -0.1) is 0 Å². The Morgan fingerprint density at radius 2 is 2.15 bits per heavy atom. The van der Waals surface area contributed by atoms with E-state index < -0.39 is 0 Å². The van der Waals surface area contributed by atoms with Crippen molar-refractivity contribution < 1.29 is 5.21 Å². The van der Waals surface area contributed by atoms with Crippen molar-refractivity contribution in [1.29, 1.82) is 0 Å². The minimum Gasteiger partial charge on any atom is -0.409 e. The molecular weight excluding hydrogens is 250 g/mol. The van der Waals surface area contributed by atoms with E-state index >= 15 is 0 Å². The summed E-state index contributed by atoms with van der Waals surface area (Å²) in [6.45, 7) is 4.21. The maximum atomic E-state index is 8.71. The fourth-order valence-corrected chi connectivity index (χ4v) is 3.15. The third kappa shape index (κ3) is 3.51. The van der Waals surface area contributed by atoms with E-state index in [1.807, 2.05) is 18.2 Å². The van der Waals surface area contributed by atoms with Gasteiger partial charge in [0.25, 0.3) is 0 Å². The maximum absolute atomic E-state index is 8.71. The number of nitrogens with zero attached hydrogens (tertiary/aromatic N) is 1. The highest BCUT2D eigenvalue weighted by molar-refractivity contribution is 5.97. The predicted octanol–water partition coefficient (Wildman–Crippen LogP) is 2.84. The SMILES string of the molecule is CCC1(CNCc2cccc(/C(N)=N/O)c2)CCCC1. The Morgan fingerprint density at radius 3 is 2.80 bits per heavy atom. The van der Waals surface area contributed by atoms with Gasteiger partial charge in [0.05, 0.1) is 0 Å². The van der Waals surface area contributed by atoms with Crippen molar-refractivity contribution in [3.05, 3.63) is 35.4 Å². The number of nitrogens with two attached hydrogens (primary N) is 1. The molecule has 1 aromatic carbocycles. The number of amidine groups is 1. The molecule has 0 amide bonds. The van der Waals surface area contributed by atoms with Gasteiger partial charge in [-0.25, -0.2) is 0 Å². The molecule has 0 heterocycles. The van der Waals surface area contributed by atoms with Crippen LogP contribution in [0.5, 0.6) is 0 Å².